The molecule has 0 saturated carbocycles. The molecule has 3 heterocycles. The first kappa shape index (κ1) is 25.9. The highest BCUT2D eigenvalue weighted by atomic mass is 32.2. The number of rotatable bonds is 8. The zero-order valence-electron chi connectivity index (χ0n) is 20.2. The monoisotopic (exact) mass is 525 g/mol. The molecule has 4 rings (SSSR count). The number of aromatic nitrogens is 3. The van der Waals surface area contributed by atoms with Crippen molar-refractivity contribution in [3.8, 4) is 11.4 Å². The average molecular weight is 526 g/mol. The van der Waals surface area contributed by atoms with E-state index in [-0.39, 0.29) is 52.4 Å². The summed E-state index contributed by atoms with van der Waals surface area (Å²) in [5, 5.41) is 0. The Morgan fingerprint density at radius 2 is 1.89 bits per heavy atom. The molecule has 1 saturated heterocycles. The zero-order chi connectivity index (χ0) is 26.6. The Bertz CT molecular complexity index is 1500. The lowest BCUT2D eigenvalue weighted by Crippen LogP contribution is -2.47. The van der Waals surface area contributed by atoms with Crippen molar-refractivity contribution in [3.05, 3.63) is 52.6 Å². The van der Waals surface area contributed by atoms with Gasteiger partial charge in [-0.05, 0) is 39.0 Å². The topological polar surface area (TPSA) is 100 Å². The van der Waals surface area contributed by atoms with Gasteiger partial charge in [-0.15, -0.1) is 0 Å². The predicted octanol–water partition coefficient (Wildman–Crippen LogP) is 4.11. The van der Waals surface area contributed by atoms with Gasteiger partial charge in [0.2, 0.25) is 6.17 Å². The predicted molar refractivity (Wildman–Crippen MR) is 128 cm³/mol. The number of alkyl halides is 3. The number of hydrogen-bond donors (Lipinski definition) is 0. The third-order valence-corrected chi connectivity index (χ3v) is 8.34. The summed E-state index contributed by atoms with van der Waals surface area (Å²) in [7, 11) is -3.12. The standard InChI is InChI=1S/C24H26F3N3O5S/c1-14(2)29-19-8-16(20(31)10-23(4)12-36(33,34)13-23)11-28-21(19)30(22(29)32)17-6-5-7-18(9-17)35-24(26,27)15(3)25/h5-9,11,14-15H,10,12-13H2,1-4H3. The highest BCUT2D eigenvalue weighted by molar-refractivity contribution is 7.92. The molecular formula is C24H26F3N3O5S. The first-order valence-corrected chi connectivity index (χ1v) is 13.1. The Kier molecular flexibility index (Phi) is 6.30. The Morgan fingerprint density at radius 1 is 1.22 bits per heavy atom. The molecule has 1 aromatic carbocycles. The van der Waals surface area contributed by atoms with E-state index < -0.39 is 33.2 Å². The van der Waals surface area contributed by atoms with E-state index in [0.717, 1.165) is 0 Å². The zero-order valence-corrected chi connectivity index (χ0v) is 21.0. The molecular weight excluding hydrogens is 499 g/mol. The van der Waals surface area contributed by atoms with Crippen molar-refractivity contribution in [2.24, 2.45) is 5.41 Å². The molecule has 0 aliphatic carbocycles. The van der Waals surface area contributed by atoms with Crippen LogP contribution in [0.1, 0.15) is 50.5 Å². The fourth-order valence-corrected chi connectivity index (χ4v) is 6.76. The molecule has 0 N–H and O–H groups in total. The number of carbonyl (C=O) groups is 1. The summed E-state index contributed by atoms with van der Waals surface area (Å²) in [6.07, 6.45) is -5.28. The van der Waals surface area contributed by atoms with Crippen LogP contribution in [0.2, 0.25) is 0 Å². The third-order valence-electron chi connectivity index (χ3n) is 6.07. The van der Waals surface area contributed by atoms with Crippen LogP contribution in [0.15, 0.2) is 41.3 Å². The van der Waals surface area contributed by atoms with Crippen LogP contribution in [0.5, 0.6) is 5.75 Å². The maximum Gasteiger partial charge on any atom is 0.429 e. The maximum absolute atomic E-state index is 13.8. The van der Waals surface area contributed by atoms with E-state index in [0.29, 0.717) is 12.4 Å². The second-order valence-electron chi connectivity index (χ2n) is 9.87. The number of hydrogen-bond acceptors (Lipinski definition) is 6. The van der Waals surface area contributed by atoms with Crippen molar-refractivity contribution in [1.82, 2.24) is 14.1 Å². The first-order valence-electron chi connectivity index (χ1n) is 11.3. The van der Waals surface area contributed by atoms with E-state index in [1.165, 1.54) is 45.7 Å². The molecule has 1 aliphatic heterocycles. The van der Waals surface area contributed by atoms with Gasteiger partial charge in [0, 0.05) is 35.7 Å². The number of fused-ring (bicyclic) bond motifs is 1. The summed E-state index contributed by atoms with van der Waals surface area (Å²) in [6.45, 7) is 5.95. The van der Waals surface area contributed by atoms with Gasteiger partial charge in [-0.3, -0.25) is 9.36 Å². The summed E-state index contributed by atoms with van der Waals surface area (Å²) < 4.78 is 71.1. The SMILES string of the molecule is CC(C)n1c(=O)n(-c2cccc(OC(F)(F)C(C)F)c2)c2ncc(C(=O)CC3(C)CS(=O)(=O)C3)cc21. The molecule has 2 aromatic heterocycles. The van der Waals surface area contributed by atoms with Crippen LogP contribution in [0.25, 0.3) is 16.9 Å². The normalized spacial score (nSPS) is 17.7. The number of ketones is 1. The van der Waals surface area contributed by atoms with Crippen LogP contribution in [0.4, 0.5) is 13.2 Å². The molecule has 8 nitrogen and oxygen atoms in total. The third kappa shape index (κ3) is 4.78. The van der Waals surface area contributed by atoms with Gasteiger partial charge in [0.15, 0.2) is 21.3 Å². The van der Waals surface area contributed by atoms with Crippen molar-refractivity contribution < 1.29 is 31.1 Å². The second kappa shape index (κ2) is 8.75. The minimum absolute atomic E-state index is 0.0205. The molecule has 12 heteroatoms. The van der Waals surface area contributed by atoms with Gasteiger partial charge in [-0.25, -0.2) is 27.2 Å². The van der Waals surface area contributed by atoms with Crippen LogP contribution >= 0.6 is 0 Å². The number of nitrogens with zero attached hydrogens (tertiary/aromatic N) is 3. The molecule has 1 atom stereocenters. The summed E-state index contributed by atoms with van der Waals surface area (Å²) >= 11 is 0. The highest BCUT2D eigenvalue weighted by Gasteiger charge is 2.46. The molecule has 194 valence electrons. The van der Waals surface area contributed by atoms with Gasteiger partial charge in [0.25, 0.3) is 0 Å². The fraction of sp³-hybridized carbons (Fsp3) is 0.458. The second-order valence-corrected chi connectivity index (χ2v) is 11.9. The van der Waals surface area contributed by atoms with Crippen LogP contribution in [-0.4, -0.2) is 52.1 Å². The lowest BCUT2D eigenvalue weighted by Gasteiger charge is -2.37. The number of sulfone groups is 1. The molecule has 3 aromatic rings. The highest BCUT2D eigenvalue weighted by Crippen LogP contribution is 2.37. The van der Waals surface area contributed by atoms with E-state index in [2.05, 4.69) is 9.72 Å². The van der Waals surface area contributed by atoms with Crippen molar-refractivity contribution in [3.63, 3.8) is 0 Å². The van der Waals surface area contributed by atoms with Gasteiger partial charge >= 0.3 is 11.8 Å². The number of pyridine rings is 1. The molecule has 0 amide bonds. The fourth-order valence-electron chi connectivity index (χ4n) is 4.52. The van der Waals surface area contributed by atoms with Gasteiger partial charge in [-0.2, -0.15) is 8.78 Å². The van der Waals surface area contributed by atoms with Crippen molar-refractivity contribution >= 4 is 26.8 Å². The van der Waals surface area contributed by atoms with Gasteiger partial charge < -0.3 is 4.74 Å². The minimum atomic E-state index is -4.06. The minimum Gasteiger partial charge on any atom is -0.430 e. The van der Waals surface area contributed by atoms with Gasteiger partial charge in [-0.1, -0.05) is 13.0 Å². The summed E-state index contributed by atoms with van der Waals surface area (Å²) in [4.78, 5) is 30.6. The number of ether oxygens (including phenoxy) is 1. The quantitative estimate of drug-likeness (QED) is 0.411. The largest absolute Gasteiger partial charge is 0.430 e. The van der Waals surface area contributed by atoms with Crippen molar-refractivity contribution in [2.75, 3.05) is 11.5 Å². The van der Waals surface area contributed by atoms with Gasteiger partial charge in [0.1, 0.15) is 5.75 Å². The number of Topliss-reactive ketones (excluding diaryl/α,β-unsaturated/α-hetero) is 1. The lowest BCUT2D eigenvalue weighted by atomic mass is 9.86. The maximum atomic E-state index is 13.8. The smallest absolute Gasteiger partial charge is 0.429 e. The molecule has 36 heavy (non-hydrogen) atoms. The lowest BCUT2D eigenvalue weighted by molar-refractivity contribution is -0.215. The number of benzene rings is 1. The molecule has 1 aliphatic rings. The van der Waals surface area contributed by atoms with Crippen molar-refractivity contribution in [1.29, 1.82) is 0 Å². The summed E-state index contributed by atoms with van der Waals surface area (Å²) in [6, 6.07) is 6.48. The van der Waals surface area contributed by atoms with E-state index in [4.69, 9.17) is 0 Å². The Morgan fingerprint density at radius 3 is 2.47 bits per heavy atom. The van der Waals surface area contributed by atoms with Gasteiger partial charge in [0.05, 0.1) is 22.7 Å². The van der Waals surface area contributed by atoms with Crippen LogP contribution < -0.4 is 10.4 Å². The average Bonchev–Trinajstić information content (AvgIpc) is 3.02. The van der Waals surface area contributed by atoms with E-state index in [1.54, 1.807) is 20.8 Å². The molecule has 0 bridgehead atoms. The Hall–Kier alpha value is -3.15. The molecule has 1 unspecified atom stereocenters. The van der Waals surface area contributed by atoms with E-state index in [1.807, 2.05) is 0 Å². The van der Waals surface area contributed by atoms with Crippen LogP contribution in [0, 0.1) is 5.41 Å². The Labute approximate surface area is 205 Å². The van der Waals surface area contributed by atoms with E-state index >= 15 is 0 Å². The van der Waals surface area contributed by atoms with E-state index in [9.17, 15) is 31.2 Å². The number of carbonyl (C=O) groups excluding carboxylic acids is 1. The Balaban J connectivity index is 1.76. The van der Waals surface area contributed by atoms with Crippen molar-refractivity contribution in [2.45, 2.75) is 52.4 Å². The first-order chi connectivity index (χ1) is 16.6. The number of halogens is 3. The summed E-state index contributed by atoms with van der Waals surface area (Å²) in [5.74, 6) is -0.759. The number of imidazole rings is 1. The van der Waals surface area contributed by atoms with Crippen LogP contribution in [-0.2, 0) is 9.84 Å². The molecule has 0 radical (unpaired) electrons. The van der Waals surface area contributed by atoms with Crippen LogP contribution in [0.3, 0.4) is 0 Å². The molecule has 1 fully saturated rings. The molecule has 0 spiro atoms. The summed E-state index contributed by atoms with van der Waals surface area (Å²) in [5.41, 5.74) is -0.228.